The van der Waals surface area contributed by atoms with Crippen LogP contribution in [0.1, 0.15) is 39.5 Å². The normalized spacial score (nSPS) is 37.1. The summed E-state index contributed by atoms with van der Waals surface area (Å²) in [5, 5.41) is 9.46. The molecule has 2 saturated heterocycles. The van der Waals surface area contributed by atoms with Crippen LogP contribution in [0.3, 0.4) is 0 Å². The van der Waals surface area contributed by atoms with Gasteiger partial charge in [-0.05, 0) is 46.6 Å². The number of hydrogen-bond donors (Lipinski definition) is 1. The summed E-state index contributed by atoms with van der Waals surface area (Å²) in [5.74, 6) is 0.149. The highest BCUT2D eigenvalue weighted by molar-refractivity contribution is 5.80. The summed E-state index contributed by atoms with van der Waals surface area (Å²) in [6, 6.07) is 0.499. The van der Waals surface area contributed by atoms with Gasteiger partial charge in [0.05, 0.1) is 32.0 Å². The number of amides is 1. The average Bonchev–Trinajstić information content (AvgIpc) is 2.76. The minimum Gasteiger partial charge on any atom is -0.393 e. The number of hydrogen-bond acceptors (Lipinski definition) is 5. The summed E-state index contributed by atoms with van der Waals surface area (Å²) in [4.78, 5) is 16.9. The molecule has 1 amide bonds. The zero-order valence-corrected chi connectivity index (χ0v) is 15.2. The molecule has 1 spiro atoms. The Hall–Kier alpha value is -0.690. The van der Waals surface area contributed by atoms with Gasteiger partial charge in [-0.15, -0.1) is 0 Å². The number of aliphatic hydroxyl groups excluding tert-OH is 1. The van der Waals surface area contributed by atoms with Gasteiger partial charge < -0.3 is 24.4 Å². The van der Waals surface area contributed by atoms with E-state index in [1.54, 1.807) is 0 Å². The first-order chi connectivity index (χ1) is 11.4. The van der Waals surface area contributed by atoms with E-state index in [0.29, 0.717) is 45.2 Å². The topological polar surface area (TPSA) is 62.2 Å². The highest BCUT2D eigenvalue weighted by atomic mass is 16.6. The molecule has 2 atom stereocenters. The summed E-state index contributed by atoms with van der Waals surface area (Å²) >= 11 is 0. The second-order valence-corrected chi connectivity index (χ2v) is 8.13. The molecule has 138 valence electrons. The highest BCUT2D eigenvalue weighted by Crippen LogP contribution is 2.35. The van der Waals surface area contributed by atoms with Gasteiger partial charge in [0.25, 0.3) is 0 Å². The van der Waals surface area contributed by atoms with E-state index in [2.05, 4.69) is 25.8 Å². The summed E-state index contributed by atoms with van der Waals surface area (Å²) < 4.78 is 12.2. The molecule has 6 heteroatoms. The standard InChI is InChI=1S/C18H32N2O4/c1-13(2)19(3)10-16-4-5-18(24-16)11-20(6-7-23-12-18)17(22)14-8-15(21)9-14/h13-16,21H,4-12H2,1-3H3. The summed E-state index contributed by atoms with van der Waals surface area (Å²) in [7, 11) is 2.13. The van der Waals surface area contributed by atoms with E-state index in [4.69, 9.17) is 9.47 Å². The molecule has 1 aliphatic carbocycles. The second-order valence-electron chi connectivity index (χ2n) is 8.13. The van der Waals surface area contributed by atoms with Gasteiger partial charge in [-0.25, -0.2) is 0 Å². The number of nitrogens with zero attached hydrogens (tertiary/aromatic N) is 2. The Kier molecular flexibility index (Phi) is 5.49. The van der Waals surface area contributed by atoms with Gasteiger partial charge >= 0.3 is 0 Å². The van der Waals surface area contributed by atoms with Crippen molar-refractivity contribution in [1.29, 1.82) is 0 Å². The lowest BCUT2D eigenvalue weighted by atomic mass is 9.81. The molecule has 0 aromatic rings. The van der Waals surface area contributed by atoms with E-state index in [1.807, 2.05) is 4.90 Å². The lowest BCUT2D eigenvalue weighted by Crippen LogP contribution is -2.51. The van der Waals surface area contributed by atoms with Gasteiger partial charge in [-0.1, -0.05) is 0 Å². The maximum absolute atomic E-state index is 12.7. The third kappa shape index (κ3) is 3.93. The number of ether oxygens (including phenoxy) is 2. The molecule has 3 rings (SSSR count). The van der Waals surface area contributed by atoms with Crippen molar-refractivity contribution in [3.63, 3.8) is 0 Å². The van der Waals surface area contributed by atoms with Gasteiger partial charge in [0.1, 0.15) is 5.60 Å². The number of carbonyl (C=O) groups is 1. The lowest BCUT2D eigenvalue weighted by Gasteiger charge is -2.37. The molecule has 6 nitrogen and oxygen atoms in total. The van der Waals surface area contributed by atoms with Crippen molar-refractivity contribution in [3.05, 3.63) is 0 Å². The first-order valence-electron chi connectivity index (χ1n) is 9.31. The molecule has 2 aliphatic heterocycles. The predicted molar refractivity (Wildman–Crippen MR) is 90.7 cm³/mol. The monoisotopic (exact) mass is 340 g/mol. The molecular formula is C18H32N2O4. The van der Waals surface area contributed by atoms with Crippen LogP contribution >= 0.6 is 0 Å². The first kappa shape index (κ1) is 18.1. The summed E-state index contributed by atoms with van der Waals surface area (Å²) in [6.07, 6.45) is 3.08. The number of aliphatic hydroxyl groups is 1. The van der Waals surface area contributed by atoms with Crippen LogP contribution < -0.4 is 0 Å². The highest BCUT2D eigenvalue weighted by Gasteiger charge is 2.46. The SMILES string of the molecule is CC(C)N(C)CC1CCC2(COCCN(C(=O)C3CC(O)C3)C2)O1. The van der Waals surface area contributed by atoms with Gasteiger partial charge in [-0.2, -0.15) is 0 Å². The Morgan fingerprint density at radius 3 is 2.83 bits per heavy atom. The van der Waals surface area contributed by atoms with Crippen LogP contribution in [-0.4, -0.2) is 84.6 Å². The third-order valence-corrected chi connectivity index (χ3v) is 5.84. The minimum absolute atomic E-state index is 0.0144. The molecule has 0 aromatic heterocycles. The maximum Gasteiger partial charge on any atom is 0.226 e. The van der Waals surface area contributed by atoms with Crippen molar-refractivity contribution in [1.82, 2.24) is 9.80 Å². The summed E-state index contributed by atoms with van der Waals surface area (Å²) in [6.45, 7) is 7.70. The Balaban J connectivity index is 1.59. The van der Waals surface area contributed by atoms with Gasteiger partial charge in [-0.3, -0.25) is 4.79 Å². The van der Waals surface area contributed by atoms with Crippen molar-refractivity contribution in [2.45, 2.75) is 63.4 Å². The zero-order chi connectivity index (χ0) is 17.3. The minimum atomic E-state index is -0.350. The van der Waals surface area contributed by atoms with Crippen LogP contribution in [0.5, 0.6) is 0 Å². The molecule has 2 unspecified atom stereocenters. The Labute approximate surface area is 145 Å². The Morgan fingerprint density at radius 2 is 2.17 bits per heavy atom. The van der Waals surface area contributed by atoms with Crippen molar-refractivity contribution in [2.75, 3.05) is 39.9 Å². The Bertz CT molecular complexity index is 452. The summed E-state index contributed by atoms with van der Waals surface area (Å²) in [5.41, 5.74) is -0.350. The molecule has 3 aliphatic rings. The lowest BCUT2D eigenvalue weighted by molar-refractivity contribution is -0.147. The van der Waals surface area contributed by atoms with Crippen LogP contribution in [0.2, 0.25) is 0 Å². The maximum atomic E-state index is 12.7. The number of carbonyl (C=O) groups excluding carboxylic acids is 1. The molecular weight excluding hydrogens is 308 g/mol. The van der Waals surface area contributed by atoms with Crippen LogP contribution in [-0.2, 0) is 14.3 Å². The fourth-order valence-corrected chi connectivity index (χ4v) is 3.92. The molecule has 3 fully saturated rings. The van der Waals surface area contributed by atoms with Crippen molar-refractivity contribution >= 4 is 5.91 Å². The Morgan fingerprint density at radius 1 is 1.42 bits per heavy atom. The van der Waals surface area contributed by atoms with Crippen LogP contribution in [0.4, 0.5) is 0 Å². The van der Waals surface area contributed by atoms with Gasteiger partial charge in [0, 0.05) is 25.0 Å². The van der Waals surface area contributed by atoms with E-state index in [9.17, 15) is 9.90 Å². The quantitative estimate of drug-likeness (QED) is 0.823. The van der Waals surface area contributed by atoms with Crippen LogP contribution in [0.15, 0.2) is 0 Å². The smallest absolute Gasteiger partial charge is 0.226 e. The van der Waals surface area contributed by atoms with E-state index in [0.717, 1.165) is 19.4 Å². The predicted octanol–water partition coefficient (Wildman–Crippen LogP) is 0.874. The molecule has 0 bridgehead atoms. The van der Waals surface area contributed by atoms with Crippen molar-refractivity contribution < 1.29 is 19.4 Å². The third-order valence-electron chi connectivity index (χ3n) is 5.84. The molecule has 1 saturated carbocycles. The van der Waals surface area contributed by atoms with Gasteiger partial charge in [0.2, 0.25) is 5.91 Å². The molecule has 2 heterocycles. The molecule has 24 heavy (non-hydrogen) atoms. The first-order valence-corrected chi connectivity index (χ1v) is 9.31. The molecule has 1 N–H and O–H groups in total. The largest absolute Gasteiger partial charge is 0.393 e. The zero-order valence-electron chi connectivity index (χ0n) is 15.2. The van der Waals surface area contributed by atoms with Crippen LogP contribution in [0, 0.1) is 5.92 Å². The fraction of sp³-hybridized carbons (Fsp3) is 0.944. The van der Waals surface area contributed by atoms with Crippen LogP contribution in [0.25, 0.3) is 0 Å². The fourth-order valence-electron chi connectivity index (χ4n) is 3.92. The van der Waals surface area contributed by atoms with E-state index < -0.39 is 0 Å². The van der Waals surface area contributed by atoms with E-state index >= 15 is 0 Å². The average molecular weight is 340 g/mol. The molecule has 0 radical (unpaired) electrons. The number of rotatable bonds is 4. The second kappa shape index (κ2) is 7.28. The number of likely N-dealkylation sites (N-methyl/N-ethyl adjacent to an activating group) is 1. The van der Waals surface area contributed by atoms with Crippen molar-refractivity contribution in [2.24, 2.45) is 5.92 Å². The molecule has 0 aromatic carbocycles. The van der Waals surface area contributed by atoms with E-state index in [1.165, 1.54) is 0 Å². The van der Waals surface area contributed by atoms with Gasteiger partial charge in [0.15, 0.2) is 0 Å². The van der Waals surface area contributed by atoms with E-state index in [-0.39, 0.29) is 29.6 Å². The van der Waals surface area contributed by atoms with Crippen molar-refractivity contribution in [3.8, 4) is 0 Å².